The van der Waals surface area contributed by atoms with Crippen molar-refractivity contribution in [2.45, 2.75) is 37.2 Å². The number of aliphatic carboxylic acids is 1. The topological polar surface area (TPSA) is 104 Å². The van der Waals surface area contributed by atoms with Crippen LogP contribution < -0.4 is 4.74 Å². The lowest BCUT2D eigenvalue weighted by atomic mass is 9.73. The molecule has 25 heavy (non-hydrogen) atoms. The average Bonchev–Trinajstić information content (AvgIpc) is 2.56. The Balaban J connectivity index is 2.28. The lowest BCUT2D eigenvalue weighted by molar-refractivity contribution is -0.162. The van der Waals surface area contributed by atoms with Gasteiger partial charge in [-0.1, -0.05) is 13.3 Å². The molecule has 0 saturated carbocycles. The van der Waals surface area contributed by atoms with E-state index in [1.54, 1.807) is 6.92 Å². The van der Waals surface area contributed by atoms with Crippen LogP contribution in [-0.2, 0) is 14.8 Å². The van der Waals surface area contributed by atoms with Crippen molar-refractivity contribution in [3.05, 3.63) is 24.0 Å². The molecule has 2 atom stereocenters. The van der Waals surface area contributed by atoms with E-state index in [1.807, 2.05) is 0 Å². The number of aliphatic hydroxyl groups is 1. The van der Waals surface area contributed by atoms with E-state index < -0.39 is 33.3 Å². The smallest absolute Gasteiger partial charge is 0.312 e. The zero-order chi connectivity index (χ0) is 18.8. The number of rotatable bonds is 6. The van der Waals surface area contributed by atoms with E-state index in [0.717, 1.165) is 10.4 Å². The summed E-state index contributed by atoms with van der Waals surface area (Å²) in [6.45, 7) is 1.41. The number of ether oxygens (including phenoxy) is 1. The number of carbonyl (C=O) groups is 1. The molecule has 2 rings (SSSR count). The van der Waals surface area contributed by atoms with Gasteiger partial charge in [0.15, 0.2) is 11.6 Å². The Morgan fingerprint density at radius 1 is 1.48 bits per heavy atom. The summed E-state index contributed by atoms with van der Waals surface area (Å²) in [4.78, 5) is 11.4. The van der Waals surface area contributed by atoms with Gasteiger partial charge in [0.2, 0.25) is 10.0 Å². The first-order valence-corrected chi connectivity index (χ1v) is 9.38. The molecule has 2 N–H and O–H groups in total. The molecule has 1 saturated heterocycles. The largest absolute Gasteiger partial charge is 0.494 e. The maximum Gasteiger partial charge on any atom is 0.312 e. The van der Waals surface area contributed by atoms with Crippen molar-refractivity contribution in [3.63, 3.8) is 0 Å². The maximum atomic E-state index is 13.8. The van der Waals surface area contributed by atoms with E-state index >= 15 is 0 Å². The fourth-order valence-corrected chi connectivity index (χ4v) is 4.68. The minimum Gasteiger partial charge on any atom is -0.494 e. The van der Waals surface area contributed by atoms with Crippen molar-refractivity contribution in [3.8, 4) is 5.75 Å². The first-order chi connectivity index (χ1) is 11.7. The predicted molar refractivity (Wildman–Crippen MR) is 87.3 cm³/mol. The summed E-state index contributed by atoms with van der Waals surface area (Å²) in [6.07, 6.45) is -0.527. The first kappa shape index (κ1) is 19.6. The second-order valence-electron chi connectivity index (χ2n) is 6.14. The fraction of sp³-hybridized carbons (Fsp3) is 0.562. The second kappa shape index (κ2) is 7.27. The number of aliphatic hydroxyl groups excluding tert-OH is 1. The molecule has 7 nitrogen and oxygen atoms in total. The van der Waals surface area contributed by atoms with Crippen LogP contribution in [0, 0.1) is 11.2 Å². The van der Waals surface area contributed by atoms with Gasteiger partial charge in [-0.3, -0.25) is 4.79 Å². The van der Waals surface area contributed by atoms with Crippen LogP contribution in [0.15, 0.2) is 23.1 Å². The second-order valence-corrected chi connectivity index (χ2v) is 8.07. The van der Waals surface area contributed by atoms with E-state index in [4.69, 9.17) is 4.74 Å². The number of hydrogen-bond donors (Lipinski definition) is 2. The Morgan fingerprint density at radius 3 is 2.64 bits per heavy atom. The molecule has 1 aliphatic heterocycles. The minimum absolute atomic E-state index is 0.00476. The number of halogens is 1. The summed E-state index contributed by atoms with van der Waals surface area (Å²) < 4.78 is 44.9. The summed E-state index contributed by atoms with van der Waals surface area (Å²) in [5, 5.41) is 19.9. The standard InChI is InChI=1S/C16H22FNO6S/c1-3-6-16(15(20)21)7-8-18(10-14(16)19)25(22,23)11-4-5-13(24-2)12(17)9-11/h4-5,9,14,19H,3,6-8,10H2,1-2H3,(H,20,21)/t14-,16-/m0/s1. The molecule has 1 heterocycles. The third-order valence-electron chi connectivity index (χ3n) is 4.70. The summed E-state index contributed by atoms with van der Waals surface area (Å²) in [6, 6.07) is 3.28. The molecule has 1 aliphatic rings. The van der Waals surface area contributed by atoms with Crippen LogP contribution in [0.5, 0.6) is 5.75 Å². The van der Waals surface area contributed by atoms with Crippen molar-refractivity contribution in [2.24, 2.45) is 5.41 Å². The highest BCUT2D eigenvalue weighted by molar-refractivity contribution is 7.89. The zero-order valence-corrected chi connectivity index (χ0v) is 14.9. The highest BCUT2D eigenvalue weighted by Gasteiger charge is 2.49. The quantitative estimate of drug-likeness (QED) is 0.780. The Hall–Kier alpha value is -1.71. The lowest BCUT2D eigenvalue weighted by Gasteiger charge is -2.42. The van der Waals surface area contributed by atoms with Crippen molar-refractivity contribution in [1.82, 2.24) is 4.31 Å². The normalized spacial score (nSPS) is 24.9. The Bertz CT molecular complexity index is 753. The van der Waals surface area contributed by atoms with Gasteiger partial charge in [-0.15, -0.1) is 0 Å². The van der Waals surface area contributed by atoms with Crippen LogP contribution in [-0.4, -0.2) is 55.2 Å². The van der Waals surface area contributed by atoms with Gasteiger partial charge in [-0.05, 0) is 31.0 Å². The molecule has 0 radical (unpaired) electrons. The maximum absolute atomic E-state index is 13.8. The number of methoxy groups -OCH3 is 1. The van der Waals surface area contributed by atoms with Crippen LogP contribution in [0.2, 0.25) is 0 Å². The summed E-state index contributed by atoms with van der Waals surface area (Å²) in [7, 11) is -2.78. The molecule has 1 aromatic carbocycles. The van der Waals surface area contributed by atoms with Crippen molar-refractivity contribution in [1.29, 1.82) is 0 Å². The SMILES string of the molecule is CCC[C@]1(C(=O)O)CCN(S(=O)(=O)c2ccc(OC)c(F)c2)C[C@@H]1O. The third kappa shape index (κ3) is 3.49. The van der Waals surface area contributed by atoms with Crippen LogP contribution in [0.4, 0.5) is 4.39 Å². The molecule has 0 spiro atoms. The molecule has 0 aliphatic carbocycles. The summed E-state index contributed by atoms with van der Waals surface area (Å²) >= 11 is 0. The van der Waals surface area contributed by atoms with E-state index in [-0.39, 0.29) is 36.6 Å². The molecule has 0 amide bonds. The average molecular weight is 375 g/mol. The van der Waals surface area contributed by atoms with Gasteiger partial charge in [0.1, 0.15) is 0 Å². The molecule has 0 bridgehead atoms. The van der Waals surface area contributed by atoms with Gasteiger partial charge in [0.25, 0.3) is 0 Å². The van der Waals surface area contributed by atoms with Crippen LogP contribution in [0.25, 0.3) is 0 Å². The minimum atomic E-state index is -4.05. The summed E-state index contributed by atoms with van der Waals surface area (Å²) in [5.74, 6) is -2.02. The van der Waals surface area contributed by atoms with Crippen LogP contribution in [0.3, 0.4) is 0 Å². The molecule has 9 heteroatoms. The number of carboxylic acids is 1. The van der Waals surface area contributed by atoms with E-state index in [1.165, 1.54) is 19.2 Å². The Morgan fingerprint density at radius 2 is 2.16 bits per heavy atom. The number of nitrogens with zero attached hydrogens (tertiary/aromatic N) is 1. The third-order valence-corrected chi connectivity index (χ3v) is 6.57. The molecule has 0 aromatic heterocycles. The Labute approximate surface area is 146 Å². The van der Waals surface area contributed by atoms with Crippen molar-refractivity contribution >= 4 is 16.0 Å². The van der Waals surface area contributed by atoms with Crippen LogP contribution in [0.1, 0.15) is 26.2 Å². The first-order valence-electron chi connectivity index (χ1n) is 7.94. The zero-order valence-electron chi connectivity index (χ0n) is 14.1. The number of benzene rings is 1. The van der Waals surface area contributed by atoms with E-state index in [2.05, 4.69) is 0 Å². The number of sulfonamides is 1. The molecule has 1 fully saturated rings. The lowest BCUT2D eigenvalue weighted by Crippen LogP contribution is -2.55. The van der Waals surface area contributed by atoms with E-state index in [0.29, 0.717) is 6.42 Å². The van der Waals surface area contributed by atoms with E-state index in [9.17, 15) is 27.8 Å². The van der Waals surface area contributed by atoms with Gasteiger partial charge in [-0.25, -0.2) is 12.8 Å². The molecular formula is C16H22FNO6S. The molecule has 1 aromatic rings. The monoisotopic (exact) mass is 375 g/mol. The summed E-state index contributed by atoms with van der Waals surface area (Å²) in [5.41, 5.74) is -1.36. The van der Waals surface area contributed by atoms with Crippen LogP contribution >= 0.6 is 0 Å². The number of piperidine rings is 1. The van der Waals surface area contributed by atoms with Gasteiger partial charge < -0.3 is 14.9 Å². The number of hydrogen-bond acceptors (Lipinski definition) is 5. The molecule has 0 unspecified atom stereocenters. The van der Waals surface area contributed by atoms with Gasteiger partial charge >= 0.3 is 5.97 Å². The van der Waals surface area contributed by atoms with Gasteiger partial charge in [-0.2, -0.15) is 4.31 Å². The van der Waals surface area contributed by atoms with Crippen molar-refractivity contribution < 1.29 is 32.6 Å². The number of β-amino-alcohol motifs (C(OH)–C–C–N with tert-alkyl or cyclic N) is 1. The molecule has 140 valence electrons. The van der Waals surface area contributed by atoms with Gasteiger partial charge in [0.05, 0.1) is 23.5 Å². The Kier molecular flexibility index (Phi) is 5.70. The predicted octanol–water partition coefficient (Wildman–Crippen LogP) is 1.46. The number of carboxylic acid groups (broad SMARTS) is 1. The van der Waals surface area contributed by atoms with Gasteiger partial charge in [0, 0.05) is 13.1 Å². The highest BCUT2D eigenvalue weighted by Crippen LogP contribution is 2.38. The fourth-order valence-electron chi connectivity index (χ4n) is 3.22. The van der Waals surface area contributed by atoms with Crippen molar-refractivity contribution in [2.75, 3.05) is 20.2 Å². The highest BCUT2D eigenvalue weighted by atomic mass is 32.2. The molecular weight excluding hydrogens is 353 g/mol.